The number of amides is 1. The number of carbonyl (C=O) groups is 1. The average molecular weight is 346 g/mol. The van der Waals surface area contributed by atoms with Gasteiger partial charge in [-0.05, 0) is 38.0 Å². The molecule has 1 aromatic heterocycles. The Labute approximate surface area is 136 Å². The van der Waals surface area contributed by atoms with Crippen molar-refractivity contribution >= 4 is 28.5 Å². The monoisotopic (exact) mass is 345 g/mol. The lowest BCUT2D eigenvalue weighted by atomic mass is 9.97. The number of nitrogens with zero attached hydrogens (tertiary/aromatic N) is 1. The van der Waals surface area contributed by atoms with Crippen LogP contribution >= 0.6 is 11.6 Å². The van der Waals surface area contributed by atoms with Crippen LogP contribution in [0.1, 0.15) is 29.0 Å². The largest absolute Gasteiger partial charge is 0.451 e. The molecule has 2 aromatic rings. The zero-order valence-corrected chi connectivity index (χ0v) is 13.2. The second-order valence-corrected chi connectivity index (χ2v) is 6.27. The summed E-state index contributed by atoms with van der Waals surface area (Å²) >= 11 is 5.94. The van der Waals surface area contributed by atoms with Gasteiger partial charge in [0, 0.05) is 29.1 Å². The number of piperidine rings is 1. The molecule has 7 heteroatoms. The highest BCUT2D eigenvalue weighted by Gasteiger charge is 2.43. The minimum atomic E-state index is -4.28. The molecule has 0 spiro atoms. The molecule has 3 rings (SSSR count). The smallest absolute Gasteiger partial charge is 0.393 e. The fourth-order valence-electron chi connectivity index (χ4n) is 2.97. The summed E-state index contributed by atoms with van der Waals surface area (Å²) in [5.74, 6) is -1.88. The molecule has 1 saturated heterocycles. The lowest BCUT2D eigenvalue weighted by Gasteiger charge is -2.33. The molecule has 0 bridgehead atoms. The molecule has 1 unspecified atom stereocenters. The summed E-state index contributed by atoms with van der Waals surface area (Å²) in [6, 6.07) is 4.97. The number of carbonyl (C=O) groups excluding carboxylic acids is 1. The van der Waals surface area contributed by atoms with E-state index >= 15 is 0 Å². The summed E-state index contributed by atoms with van der Waals surface area (Å²) in [5, 5.41) is 1.21. The van der Waals surface area contributed by atoms with Crippen LogP contribution in [0.4, 0.5) is 13.2 Å². The molecular weight excluding hydrogens is 331 g/mol. The second-order valence-electron chi connectivity index (χ2n) is 5.83. The van der Waals surface area contributed by atoms with E-state index in [2.05, 4.69) is 0 Å². The first-order valence-electron chi connectivity index (χ1n) is 7.32. The molecular formula is C16H15ClF3NO2. The Morgan fingerprint density at radius 2 is 2.13 bits per heavy atom. The highest BCUT2D eigenvalue weighted by Crippen LogP contribution is 2.34. The van der Waals surface area contributed by atoms with Gasteiger partial charge in [0.2, 0.25) is 0 Å². The Morgan fingerprint density at radius 3 is 2.83 bits per heavy atom. The molecule has 3 nitrogen and oxygen atoms in total. The molecule has 1 aromatic carbocycles. The number of hydrogen-bond donors (Lipinski definition) is 0. The topological polar surface area (TPSA) is 33.5 Å². The van der Waals surface area contributed by atoms with Crippen molar-refractivity contribution in [2.24, 2.45) is 5.92 Å². The minimum Gasteiger partial charge on any atom is -0.451 e. The Kier molecular flexibility index (Phi) is 4.04. The van der Waals surface area contributed by atoms with Crippen molar-refractivity contribution in [2.75, 3.05) is 13.1 Å². The molecule has 0 saturated carbocycles. The molecule has 1 aliphatic rings. The number of fused-ring (bicyclic) bond motifs is 1. The lowest BCUT2D eigenvalue weighted by molar-refractivity contribution is -0.184. The molecule has 2 heterocycles. The van der Waals surface area contributed by atoms with Crippen molar-refractivity contribution in [1.29, 1.82) is 0 Å². The molecule has 23 heavy (non-hydrogen) atoms. The zero-order chi connectivity index (χ0) is 16.8. The molecule has 1 fully saturated rings. The minimum absolute atomic E-state index is 0.0575. The van der Waals surface area contributed by atoms with Crippen molar-refractivity contribution in [3.63, 3.8) is 0 Å². The molecule has 1 atom stereocenters. The maximum atomic E-state index is 12.9. The van der Waals surface area contributed by atoms with Gasteiger partial charge in [-0.3, -0.25) is 4.79 Å². The van der Waals surface area contributed by atoms with Gasteiger partial charge in [-0.2, -0.15) is 13.2 Å². The van der Waals surface area contributed by atoms with E-state index in [4.69, 9.17) is 16.0 Å². The number of benzene rings is 1. The van der Waals surface area contributed by atoms with Crippen LogP contribution in [0.5, 0.6) is 0 Å². The van der Waals surface area contributed by atoms with Crippen LogP contribution in [0, 0.1) is 12.8 Å². The fourth-order valence-corrected chi connectivity index (χ4v) is 3.14. The quantitative estimate of drug-likeness (QED) is 0.743. The van der Waals surface area contributed by atoms with E-state index in [-0.39, 0.29) is 18.7 Å². The van der Waals surface area contributed by atoms with Crippen molar-refractivity contribution in [2.45, 2.75) is 25.9 Å². The predicted octanol–water partition coefficient (Wildman–Crippen LogP) is 4.81. The number of furan rings is 1. The van der Waals surface area contributed by atoms with Crippen LogP contribution in [0.25, 0.3) is 11.0 Å². The predicted molar refractivity (Wildman–Crippen MR) is 80.6 cm³/mol. The molecule has 0 radical (unpaired) electrons. The van der Waals surface area contributed by atoms with Crippen LogP contribution in [-0.4, -0.2) is 30.1 Å². The maximum absolute atomic E-state index is 12.9. The number of aryl methyl sites for hydroxylation is 1. The van der Waals surface area contributed by atoms with Gasteiger partial charge in [0.15, 0.2) is 5.76 Å². The van der Waals surface area contributed by atoms with E-state index in [1.807, 2.05) is 0 Å². The van der Waals surface area contributed by atoms with Gasteiger partial charge in [-0.25, -0.2) is 0 Å². The van der Waals surface area contributed by atoms with Crippen LogP contribution in [-0.2, 0) is 0 Å². The molecule has 0 aliphatic carbocycles. The third kappa shape index (κ3) is 3.04. The standard InChI is InChI=1S/C16H15ClF3NO2/c1-9-12-7-11(17)4-5-13(12)23-14(9)15(22)21-6-2-3-10(8-21)16(18,19)20/h4-5,7,10H,2-3,6,8H2,1H3. The van der Waals surface area contributed by atoms with E-state index in [0.29, 0.717) is 34.5 Å². The summed E-state index contributed by atoms with van der Waals surface area (Å²) in [7, 11) is 0. The summed E-state index contributed by atoms with van der Waals surface area (Å²) in [4.78, 5) is 13.8. The number of hydrogen-bond acceptors (Lipinski definition) is 2. The van der Waals surface area contributed by atoms with Crippen molar-refractivity contribution in [1.82, 2.24) is 4.90 Å². The Bertz CT molecular complexity index is 754. The Morgan fingerprint density at radius 1 is 1.39 bits per heavy atom. The molecule has 124 valence electrons. The van der Waals surface area contributed by atoms with Crippen molar-refractivity contribution < 1.29 is 22.4 Å². The normalized spacial score (nSPS) is 19.3. The molecule has 1 amide bonds. The first kappa shape index (κ1) is 16.2. The van der Waals surface area contributed by atoms with Gasteiger partial charge in [0.1, 0.15) is 5.58 Å². The number of alkyl halides is 3. The van der Waals surface area contributed by atoms with Crippen LogP contribution in [0.15, 0.2) is 22.6 Å². The van der Waals surface area contributed by atoms with Gasteiger partial charge in [0.05, 0.1) is 5.92 Å². The highest BCUT2D eigenvalue weighted by atomic mass is 35.5. The molecule has 0 N–H and O–H groups in total. The first-order chi connectivity index (χ1) is 10.8. The lowest BCUT2D eigenvalue weighted by Crippen LogP contribution is -2.44. The Hall–Kier alpha value is -1.69. The maximum Gasteiger partial charge on any atom is 0.393 e. The SMILES string of the molecule is Cc1c(C(=O)N2CCCC(C(F)(F)F)C2)oc2ccc(Cl)cc12. The third-order valence-corrected chi connectivity index (χ3v) is 4.50. The summed E-state index contributed by atoms with van der Waals surface area (Å²) < 4.78 is 44.2. The number of rotatable bonds is 1. The second kappa shape index (κ2) is 5.74. The number of likely N-dealkylation sites (tertiary alicyclic amines) is 1. The van der Waals surface area contributed by atoms with Gasteiger partial charge in [-0.1, -0.05) is 11.6 Å². The van der Waals surface area contributed by atoms with Gasteiger partial charge in [0.25, 0.3) is 5.91 Å². The van der Waals surface area contributed by atoms with Crippen LogP contribution < -0.4 is 0 Å². The third-order valence-electron chi connectivity index (χ3n) is 4.26. The number of halogens is 4. The fraction of sp³-hybridized carbons (Fsp3) is 0.438. The van der Waals surface area contributed by atoms with Gasteiger partial charge >= 0.3 is 6.18 Å². The first-order valence-corrected chi connectivity index (χ1v) is 7.70. The summed E-state index contributed by atoms with van der Waals surface area (Å²) in [5.41, 5.74) is 1.10. The summed E-state index contributed by atoms with van der Waals surface area (Å²) in [6.45, 7) is 1.70. The van der Waals surface area contributed by atoms with E-state index in [1.165, 1.54) is 4.90 Å². The van der Waals surface area contributed by atoms with Crippen LogP contribution in [0.3, 0.4) is 0 Å². The van der Waals surface area contributed by atoms with Crippen molar-refractivity contribution in [3.8, 4) is 0 Å². The zero-order valence-electron chi connectivity index (χ0n) is 12.4. The van der Waals surface area contributed by atoms with Crippen molar-refractivity contribution in [3.05, 3.63) is 34.5 Å². The Balaban J connectivity index is 1.90. The molecule has 1 aliphatic heterocycles. The van der Waals surface area contributed by atoms with E-state index in [0.717, 1.165) is 0 Å². The van der Waals surface area contributed by atoms with Crippen LogP contribution in [0.2, 0.25) is 5.02 Å². The van der Waals surface area contributed by atoms with Gasteiger partial charge < -0.3 is 9.32 Å². The summed E-state index contributed by atoms with van der Waals surface area (Å²) in [6.07, 6.45) is -3.89. The average Bonchev–Trinajstić information content (AvgIpc) is 2.83. The highest BCUT2D eigenvalue weighted by molar-refractivity contribution is 6.31. The van der Waals surface area contributed by atoms with E-state index in [1.54, 1.807) is 25.1 Å². The van der Waals surface area contributed by atoms with E-state index in [9.17, 15) is 18.0 Å². The van der Waals surface area contributed by atoms with Gasteiger partial charge in [-0.15, -0.1) is 0 Å². The van der Waals surface area contributed by atoms with E-state index < -0.39 is 18.0 Å².